The van der Waals surface area contributed by atoms with Crippen molar-refractivity contribution in [3.05, 3.63) is 60.4 Å². The van der Waals surface area contributed by atoms with E-state index in [1.165, 1.54) is 0 Å². The van der Waals surface area contributed by atoms with E-state index in [0.717, 1.165) is 22.5 Å². The molecule has 0 aliphatic carbocycles. The Bertz CT molecular complexity index is 635. The molecule has 0 aliphatic heterocycles. The number of aliphatic hydroxyl groups is 1. The van der Waals surface area contributed by atoms with Crippen LogP contribution in [0.4, 0.5) is 0 Å². The molecule has 3 heteroatoms. The SMILES string of the molecule is C[C@H](O)c1ccc(-c2cn3ccccc3n2)cc1. The fourth-order valence-corrected chi connectivity index (χ4v) is 2.01. The number of aromatic nitrogens is 2. The van der Waals surface area contributed by atoms with Gasteiger partial charge in [-0.1, -0.05) is 30.3 Å². The molecule has 0 bridgehead atoms. The minimum Gasteiger partial charge on any atom is -0.389 e. The van der Waals surface area contributed by atoms with Gasteiger partial charge >= 0.3 is 0 Å². The number of pyridine rings is 1. The molecule has 90 valence electrons. The molecular weight excluding hydrogens is 224 g/mol. The number of aliphatic hydroxyl groups excluding tert-OH is 1. The van der Waals surface area contributed by atoms with Crippen LogP contribution in [0, 0.1) is 0 Å². The van der Waals surface area contributed by atoms with Gasteiger partial charge in [-0.15, -0.1) is 0 Å². The van der Waals surface area contributed by atoms with Crippen LogP contribution in [0.1, 0.15) is 18.6 Å². The van der Waals surface area contributed by atoms with Gasteiger partial charge in [0.05, 0.1) is 11.8 Å². The van der Waals surface area contributed by atoms with E-state index >= 15 is 0 Å². The lowest BCUT2D eigenvalue weighted by Crippen LogP contribution is -1.89. The van der Waals surface area contributed by atoms with Gasteiger partial charge in [0.25, 0.3) is 0 Å². The maximum Gasteiger partial charge on any atom is 0.137 e. The highest BCUT2D eigenvalue weighted by atomic mass is 16.3. The largest absolute Gasteiger partial charge is 0.389 e. The van der Waals surface area contributed by atoms with Crippen molar-refractivity contribution >= 4 is 5.65 Å². The minimum atomic E-state index is -0.430. The van der Waals surface area contributed by atoms with Crippen LogP contribution in [0.25, 0.3) is 16.9 Å². The van der Waals surface area contributed by atoms with Crippen LogP contribution in [0.3, 0.4) is 0 Å². The molecule has 1 aromatic carbocycles. The molecule has 3 rings (SSSR count). The van der Waals surface area contributed by atoms with Crippen molar-refractivity contribution in [2.75, 3.05) is 0 Å². The van der Waals surface area contributed by atoms with Gasteiger partial charge in [0, 0.05) is 18.0 Å². The Labute approximate surface area is 105 Å². The molecule has 3 aromatic rings. The van der Waals surface area contributed by atoms with E-state index in [2.05, 4.69) is 4.98 Å². The van der Waals surface area contributed by atoms with Gasteiger partial charge in [0.2, 0.25) is 0 Å². The summed E-state index contributed by atoms with van der Waals surface area (Å²) >= 11 is 0. The molecule has 0 saturated carbocycles. The second-order valence-corrected chi connectivity index (χ2v) is 4.39. The van der Waals surface area contributed by atoms with Crippen LogP contribution in [0.2, 0.25) is 0 Å². The van der Waals surface area contributed by atoms with Crippen LogP contribution in [0.5, 0.6) is 0 Å². The van der Waals surface area contributed by atoms with Crippen molar-refractivity contribution in [1.82, 2.24) is 9.38 Å². The average Bonchev–Trinajstić information content (AvgIpc) is 2.82. The maximum absolute atomic E-state index is 9.48. The Balaban J connectivity index is 2.03. The lowest BCUT2D eigenvalue weighted by atomic mass is 10.1. The molecule has 3 nitrogen and oxygen atoms in total. The maximum atomic E-state index is 9.48. The minimum absolute atomic E-state index is 0.430. The smallest absolute Gasteiger partial charge is 0.137 e. The van der Waals surface area contributed by atoms with E-state index in [9.17, 15) is 5.11 Å². The fraction of sp³-hybridized carbons (Fsp3) is 0.133. The van der Waals surface area contributed by atoms with E-state index in [1.54, 1.807) is 6.92 Å². The molecule has 0 spiro atoms. The molecule has 0 aliphatic rings. The summed E-state index contributed by atoms with van der Waals surface area (Å²) in [5, 5.41) is 9.48. The predicted molar refractivity (Wildman–Crippen MR) is 71.3 cm³/mol. The lowest BCUT2D eigenvalue weighted by Gasteiger charge is -2.04. The molecule has 2 aromatic heterocycles. The molecule has 0 radical (unpaired) electrons. The van der Waals surface area contributed by atoms with Gasteiger partial charge in [0.1, 0.15) is 5.65 Å². The van der Waals surface area contributed by atoms with Gasteiger partial charge in [-0.25, -0.2) is 4.98 Å². The summed E-state index contributed by atoms with van der Waals surface area (Å²) in [7, 11) is 0. The number of imidazole rings is 1. The highest BCUT2D eigenvalue weighted by molar-refractivity contribution is 5.62. The third-order valence-electron chi connectivity index (χ3n) is 3.05. The number of hydrogen-bond donors (Lipinski definition) is 1. The van der Waals surface area contributed by atoms with Gasteiger partial charge < -0.3 is 9.51 Å². The van der Waals surface area contributed by atoms with Crippen molar-refractivity contribution in [2.45, 2.75) is 13.0 Å². The third kappa shape index (κ3) is 1.89. The average molecular weight is 238 g/mol. The first-order valence-electron chi connectivity index (χ1n) is 5.96. The first-order chi connectivity index (χ1) is 8.74. The van der Waals surface area contributed by atoms with Gasteiger partial charge in [-0.3, -0.25) is 0 Å². The zero-order chi connectivity index (χ0) is 12.5. The summed E-state index contributed by atoms with van der Waals surface area (Å²) in [6, 6.07) is 13.8. The first kappa shape index (κ1) is 11.0. The molecule has 1 N–H and O–H groups in total. The Morgan fingerprint density at radius 2 is 1.89 bits per heavy atom. The van der Waals surface area contributed by atoms with Crippen molar-refractivity contribution in [1.29, 1.82) is 0 Å². The molecule has 0 fully saturated rings. The first-order valence-corrected chi connectivity index (χ1v) is 5.96. The van der Waals surface area contributed by atoms with Gasteiger partial charge in [-0.2, -0.15) is 0 Å². The summed E-state index contributed by atoms with van der Waals surface area (Å²) in [6.07, 6.45) is 3.56. The fourth-order valence-electron chi connectivity index (χ4n) is 2.01. The zero-order valence-electron chi connectivity index (χ0n) is 10.1. The van der Waals surface area contributed by atoms with Crippen LogP contribution in [-0.2, 0) is 0 Å². The lowest BCUT2D eigenvalue weighted by molar-refractivity contribution is 0.199. The topological polar surface area (TPSA) is 37.5 Å². The van der Waals surface area contributed by atoms with E-state index in [0.29, 0.717) is 0 Å². The molecule has 0 saturated heterocycles. The van der Waals surface area contributed by atoms with E-state index in [4.69, 9.17) is 0 Å². The molecule has 0 unspecified atom stereocenters. The number of hydrogen-bond acceptors (Lipinski definition) is 2. The van der Waals surface area contributed by atoms with Crippen LogP contribution >= 0.6 is 0 Å². The molecule has 0 amide bonds. The Kier molecular flexibility index (Phi) is 2.61. The monoisotopic (exact) mass is 238 g/mol. The van der Waals surface area contributed by atoms with Crippen molar-refractivity contribution in [2.24, 2.45) is 0 Å². The van der Waals surface area contributed by atoms with Gasteiger partial charge in [0.15, 0.2) is 0 Å². The number of nitrogens with zero attached hydrogens (tertiary/aromatic N) is 2. The summed E-state index contributed by atoms with van der Waals surface area (Å²) in [5.41, 5.74) is 3.86. The Morgan fingerprint density at radius 1 is 1.11 bits per heavy atom. The molecule has 2 heterocycles. The Hall–Kier alpha value is -2.13. The van der Waals surface area contributed by atoms with Crippen molar-refractivity contribution in [3.8, 4) is 11.3 Å². The van der Waals surface area contributed by atoms with Crippen molar-refractivity contribution in [3.63, 3.8) is 0 Å². The summed E-state index contributed by atoms with van der Waals surface area (Å²) in [4.78, 5) is 4.56. The predicted octanol–water partition coefficient (Wildman–Crippen LogP) is 3.05. The zero-order valence-corrected chi connectivity index (χ0v) is 10.1. The number of benzene rings is 1. The normalized spacial score (nSPS) is 12.8. The highest BCUT2D eigenvalue weighted by Gasteiger charge is 2.05. The molecular formula is C15H14N2O. The number of rotatable bonds is 2. The number of fused-ring (bicyclic) bond motifs is 1. The summed E-state index contributed by atoms with van der Waals surface area (Å²) in [5.74, 6) is 0. The van der Waals surface area contributed by atoms with E-state index < -0.39 is 6.10 Å². The molecule has 1 atom stereocenters. The second kappa shape index (κ2) is 4.27. The van der Waals surface area contributed by atoms with E-state index in [-0.39, 0.29) is 0 Å². The van der Waals surface area contributed by atoms with Crippen LogP contribution in [0.15, 0.2) is 54.9 Å². The van der Waals surface area contributed by atoms with E-state index in [1.807, 2.05) is 59.3 Å². The molecule has 18 heavy (non-hydrogen) atoms. The quantitative estimate of drug-likeness (QED) is 0.745. The summed E-state index contributed by atoms with van der Waals surface area (Å²) < 4.78 is 2.00. The van der Waals surface area contributed by atoms with Gasteiger partial charge in [-0.05, 0) is 24.6 Å². The Morgan fingerprint density at radius 3 is 2.56 bits per heavy atom. The van der Waals surface area contributed by atoms with Crippen LogP contribution < -0.4 is 0 Å². The summed E-state index contributed by atoms with van der Waals surface area (Å²) in [6.45, 7) is 1.76. The second-order valence-electron chi connectivity index (χ2n) is 4.39. The highest BCUT2D eigenvalue weighted by Crippen LogP contribution is 2.21. The standard InChI is InChI=1S/C15H14N2O/c1-11(18)12-5-7-13(8-6-12)14-10-17-9-3-2-4-15(17)16-14/h2-11,18H,1H3/t11-/m0/s1. The third-order valence-corrected chi connectivity index (χ3v) is 3.05. The van der Waals surface area contributed by atoms with Crippen LogP contribution in [-0.4, -0.2) is 14.5 Å². The van der Waals surface area contributed by atoms with Crippen molar-refractivity contribution < 1.29 is 5.11 Å².